The summed E-state index contributed by atoms with van der Waals surface area (Å²) in [6.07, 6.45) is 1.90. The molecule has 1 saturated heterocycles. The number of hydrogen-bond donors (Lipinski definition) is 4. The van der Waals surface area contributed by atoms with E-state index in [0.717, 1.165) is 62.5 Å². The van der Waals surface area contributed by atoms with E-state index in [9.17, 15) is 0 Å². The van der Waals surface area contributed by atoms with Crippen LogP contribution in [0.2, 0.25) is 0 Å². The summed E-state index contributed by atoms with van der Waals surface area (Å²) in [4.78, 5) is 13.1. The zero-order valence-corrected chi connectivity index (χ0v) is 19.1. The van der Waals surface area contributed by atoms with Crippen LogP contribution in [0.3, 0.4) is 0 Å². The minimum absolute atomic E-state index is 0.623. The van der Waals surface area contributed by atoms with E-state index in [-0.39, 0.29) is 0 Å². The molecule has 3 heterocycles. The predicted molar refractivity (Wildman–Crippen MR) is 135 cm³/mol. The van der Waals surface area contributed by atoms with Crippen molar-refractivity contribution in [3.05, 3.63) is 53.5 Å². The maximum absolute atomic E-state index is 4.87. The highest BCUT2D eigenvalue weighted by Gasteiger charge is 2.11. The van der Waals surface area contributed by atoms with Gasteiger partial charge in [-0.25, -0.2) is 9.97 Å². The molecule has 8 heteroatoms. The van der Waals surface area contributed by atoms with E-state index < -0.39 is 0 Å². The van der Waals surface area contributed by atoms with E-state index in [1.807, 2.05) is 17.5 Å². The summed E-state index contributed by atoms with van der Waals surface area (Å²) in [6, 6.07) is 15.1. The summed E-state index contributed by atoms with van der Waals surface area (Å²) < 4.78 is 1.25. The van der Waals surface area contributed by atoms with Crippen molar-refractivity contribution in [1.29, 1.82) is 0 Å². The van der Waals surface area contributed by atoms with Gasteiger partial charge in [-0.1, -0.05) is 6.92 Å². The SMILES string of the molecule is CCNCNCc1cc2c(ccc3cnc(Nc4ccc(N5CCNCC5)cc4)nc32)s1. The molecule has 0 aliphatic carbocycles. The normalized spacial score (nSPS) is 14.3. The number of piperazine rings is 1. The van der Waals surface area contributed by atoms with Gasteiger partial charge in [0, 0.05) is 77.3 Å². The van der Waals surface area contributed by atoms with Crippen molar-refractivity contribution in [2.45, 2.75) is 13.5 Å². The van der Waals surface area contributed by atoms with Gasteiger partial charge in [-0.2, -0.15) is 0 Å². The lowest BCUT2D eigenvalue weighted by atomic mass is 10.2. The predicted octanol–water partition coefficient (Wildman–Crippen LogP) is 3.65. The number of thiophene rings is 1. The van der Waals surface area contributed by atoms with Gasteiger partial charge in [-0.05, 0) is 49.0 Å². The van der Waals surface area contributed by atoms with Crippen LogP contribution in [0.15, 0.2) is 48.7 Å². The van der Waals surface area contributed by atoms with Gasteiger partial charge in [-0.15, -0.1) is 11.3 Å². The summed E-state index contributed by atoms with van der Waals surface area (Å²) in [6.45, 7) is 8.91. The quantitative estimate of drug-likeness (QED) is 0.243. The molecular weight excluding hydrogens is 418 g/mol. The fourth-order valence-electron chi connectivity index (χ4n) is 4.02. The first-order valence-electron chi connectivity index (χ1n) is 11.2. The Morgan fingerprint density at radius 3 is 2.72 bits per heavy atom. The third-order valence-corrected chi connectivity index (χ3v) is 6.80. The van der Waals surface area contributed by atoms with Gasteiger partial charge >= 0.3 is 0 Å². The zero-order chi connectivity index (χ0) is 21.8. The van der Waals surface area contributed by atoms with Gasteiger partial charge in [0.25, 0.3) is 0 Å². The first-order chi connectivity index (χ1) is 15.8. The van der Waals surface area contributed by atoms with Gasteiger partial charge in [0.05, 0.1) is 5.52 Å². The molecule has 32 heavy (non-hydrogen) atoms. The van der Waals surface area contributed by atoms with Crippen molar-refractivity contribution in [2.75, 3.05) is 49.6 Å². The highest BCUT2D eigenvalue weighted by atomic mass is 32.1. The number of hydrogen-bond acceptors (Lipinski definition) is 8. The van der Waals surface area contributed by atoms with Crippen molar-refractivity contribution in [1.82, 2.24) is 25.9 Å². The Bertz CT molecular complexity index is 1180. The Labute approximate surface area is 192 Å². The van der Waals surface area contributed by atoms with Crippen molar-refractivity contribution in [3.63, 3.8) is 0 Å². The van der Waals surface area contributed by atoms with Gasteiger partial charge in [-0.3, -0.25) is 5.32 Å². The van der Waals surface area contributed by atoms with Crippen LogP contribution in [-0.2, 0) is 6.54 Å². The molecule has 1 aliphatic rings. The molecule has 4 aromatic rings. The van der Waals surface area contributed by atoms with Crippen LogP contribution in [0.5, 0.6) is 0 Å². The van der Waals surface area contributed by atoms with E-state index in [2.05, 4.69) is 80.5 Å². The molecule has 0 spiro atoms. The van der Waals surface area contributed by atoms with Crippen molar-refractivity contribution >= 4 is 49.6 Å². The van der Waals surface area contributed by atoms with E-state index in [0.29, 0.717) is 5.95 Å². The number of rotatable bonds is 8. The number of benzene rings is 2. The van der Waals surface area contributed by atoms with Crippen molar-refractivity contribution < 1.29 is 0 Å². The molecule has 0 radical (unpaired) electrons. The zero-order valence-electron chi connectivity index (χ0n) is 18.3. The van der Waals surface area contributed by atoms with Crippen LogP contribution in [0.1, 0.15) is 11.8 Å². The summed E-state index contributed by atoms with van der Waals surface area (Å²) >= 11 is 1.81. The molecule has 7 nitrogen and oxygen atoms in total. The Morgan fingerprint density at radius 2 is 1.91 bits per heavy atom. The largest absolute Gasteiger partial charge is 0.369 e. The van der Waals surface area contributed by atoms with E-state index in [4.69, 9.17) is 4.98 Å². The van der Waals surface area contributed by atoms with Crippen LogP contribution >= 0.6 is 11.3 Å². The molecule has 5 rings (SSSR count). The molecule has 0 amide bonds. The Morgan fingerprint density at radius 1 is 1.06 bits per heavy atom. The number of fused-ring (bicyclic) bond motifs is 3. The van der Waals surface area contributed by atoms with Crippen LogP contribution in [-0.4, -0.2) is 49.4 Å². The minimum Gasteiger partial charge on any atom is -0.369 e. The maximum atomic E-state index is 4.87. The van der Waals surface area contributed by atoms with E-state index >= 15 is 0 Å². The highest BCUT2D eigenvalue weighted by molar-refractivity contribution is 7.19. The molecule has 1 fully saturated rings. The molecule has 0 atom stereocenters. The van der Waals surface area contributed by atoms with Gasteiger partial charge in [0.1, 0.15) is 0 Å². The molecule has 0 unspecified atom stereocenters. The summed E-state index contributed by atoms with van der Waals surface area (Å²) in [5, 5.41) is 15.7. The van der Waals surface area contributed by atoms with Crippen LogP contribution in [0.25, 0.3) is 21.0 Å². The average molecular weight is 448 g/mol. The van der Waals surface area contributed by atoms with E-state index in [1.54, 1.807) is 0 Å². The minimum atomic E-state index is 0.623. The molecular formula is C24H29N7S. The Balaban J connectivity index is 1.35. The average Bonchev–Trinajstić information content (AvgIpc) is 3.27. The van der Waals surface area contributed by atoms with Crippen molar-refractivity contribution in [3.8, 4) is 0 Å². The summed E-state index contributed by atoms with van der Waals surface area (Å²) in [7, 11) is 0. The molecule has 2 aromatic carbocycles. The lowest BCUT2D eigenvalue weighted by Gasteiger charge is -2.29. The second-order valence-electron chi connectivity index (χ2n) is 7.94. The first kappa shape index (κ1) is 21.1. The number of anilines is 3. The number of nitrogens with one attached hydrogen (secondary N) is 4. The fourth-order valence-corrected chi connectivity index (χ4v) is 5.05. The molecule has 0 saturated carbocycles. The maximum Gasteiger partial charge on any atom is 0.227 e. The van der Waals surface area contributed by atoms with Gasteiger partial charge < -0.3 is 20.9 Å². The van der Waals surface area contributed by atoms with Crippen LogP contribution < -0.4 is 26.2 Å². The molecule has 2 aromatic heterocycles. The Hall–Kier alpha value is -2.78. The smallest absolute Gasteiger partial charge is 0.227 e. The lowest BCUT2D eigenvalue weighted by molar-refractivity contribution is 0.589. The van der Waals surface area contributed by atoms with Crippen LogP contribution in [0.4, 0.5) is 17.3 Å². The van der Waals surface area contributed by atoms with Gasteiger partial charge in [0.2, 0.25) is 5.95 Å². The lowest BCUT2D eigenvalue weighted by Crippen LogP contribution is -2.43. The Kier molecular flexibility index (Phi) is 6.45. The first-order valence-corrected chi connectivity index (χ1v) is 12.0. The second-order valence-corrected chi connectivity index (χ2v) is 9.11. The summed E-state index contributed by atoms with van der Waals surface area (Å²) in [5.74, 6) is 0.623. The monoisotopic (exact) mass is 447 g/mol. The standard InChI is InChI=1S/C24H29N7S/c1-2-25-16-27-15-20-13-21-22(32-20)8-3-17-14-28-24(30-23(17)21)29-18-4-6-19(7-5-18)31-11-9-26-10-12-31/h3-8,13-14,25-27H,2,9-12,15-16H2,1H3,(H,28,29,30). The number of nitrogens with zero attached hydrogens (tertiary/aromatic N) is 3. The third-order valence-electron chi connectivity index (χ3n) is 5.70. The molecule has 4 N–H and O–H groups in total. The highest BCUT2D eigenvalue weighted by Crippen LogP contribution is 2.31. The summed E-state index contributed by atoms with van der Waals surface area (Å²) in [5.41, 5.74) is 3.24. The van der Waals surface area contributed by atoms with E-state index in [1.165, 1.54) is 20.7 Å². The molecule has 166 valence electrons. The van der Waals surface area contributed by atoms with Crippen LogP contribution in [0, 0.1) is 0 Å². The van der Waals surface area contributed by atoms with Crippen molar-refractivity contribution in [2.24, 2.45) is 0 Å². The number of aromatic nitrogens is 2. The van der Waals surface area contributed by atoms with Gasteiger partial charge in [0.15, 0.2) is 0 Å². The fraction of sp³-hybridized carbons (Fsp3) is 0.333. The molecule has 0 bridgehead atoms. The third kappa shape index (κ3) is 4.68. The molecule has 1 aliphatic heterocycles. The topological polar surface area (TPSA) is 77.1 Å². The second kappa shape index (κ2) is 9.79.